The highest BCUT2D eigenvalue weighted by atomic mass is 15.3. The van der Waals surface area contributed by atoms with Gasteiger partial charge in [0.2, 0.25) is 5.95 Å². The summed E-state index contributed by atoms with van der Waals surface area (Å²) in [5.41, 5.74) is 3.39. The van der Waals surface area contributed by atoms with Crippen molar-refractivity contribution in [3.05, 3.63) is 36.0 Å². The van der Waals surface area contributed by atoms with E-state index < -0.39 is 0 Å². The third-order valence-corrected chi connectivity index (χ3v) is 5.52. The van der Waals surface area contributed by atoms with Crippen LogP contribution < -0.4 is 15.1 Å². The molecule has 0 saturated carbocycles. The molecule has 1 aromatic carbocycles. The second kappa shape index (κ2) is 7.52. The number of rotatable bonds is 4. The number of benzene rings is 1. The van der Waals surface area contributed by atoms with Crippen molar-refractivity contribution in [2.45, 2.75) is 39.5 Å². The average Bonchev–Trinajstić information content (AvgIpc) is 3.17. The van der Waals surface area contributed by atoms with Crippen LogP contribution in [0.3, 0.4) is 0 Å². The zero-order valence-electron chi connectivity index (χ0n) is 15.9. The van der Waals surface area contributed by atoms with Crippen molar-refractivity contribution in [1.82, 2.24) is 9.97 Å². The molecule has 1 aromatic heterocycles. The van der Waals surface area contributed by atoms with Gasteiger partial charge < -0.3 is 15.1 Å². The van der Waals surface area contributed by atoms with Gasteiger partial charge in [-0.05, 0) is 62.8 Å². The Kier molecular flexibility index (Phi) is 4.96. The van der Waals surface area contributed by atoms with E-state index in [2.05, 4.69) is 51.3 Å². The molecule has 138 valence electrons. The fraction of sp³-hybridized carbons (Fsp3) is 0.524. The molecule has 2 aliphatic rings. The average molecular weight is 351 g/mol. The van der Waals surface area contributed by atoms with Crippen LogP contribution in [0.25, 0.3) is 0 Å². The minimum absolute atomic E-state index is 0.808. The summed E-state index contributed by atoms with van der Waals surface area (Å²) in [5, 5.41) is 3.45. The van der Waals surface area contributed by atoms with E-state index in [-0.39, 0.29) is 0 Å². The van der Waals surface area contributed by atoms with Crippen LogP contribution in [0.2, 0.25) is 0 Å². The molecule has 4 rings (SSSR count). The molecule has 2 aromatic rings. The first-order chi connectivity index (χ1) is 12.7. The highest BCUT2D eigenvalue weighted by Crippen LogP contribution is 2.25. The zero-order chi connectivity index (χ0) is 17.9. The Morgan fingerprint density at radius 1 is 0.923 bits per heavy atom. The van der Waals surface area contributed by atoms with Crippen molar-refractivity contribution in [2.75, 3.05) is 41.3 Å². The minimum Gasteiger partial charge on any atom is -0.372 e. The Morgan fingerprint density at radius 2 is 1.62 bits per heavy atom. The smallest absolute Gasteiger partial charge is 0.227 e. The van der Waals surface area contributed by atoms with Gasteiger partial charge in [0.05, 0.1) is 0 Å². The van der Waals surface area contributed by atoms with Crippen molar-refractivity contribution in [3.63, 3.8) is 0 Å². The lowest BCUT2D eigenvalue weighted by Gasteiger charge is -2.30. The van der Waals surface area contributed by atoms with Crippen LogP contribution in [0.15, 0.2) is 30.3 Å². The van der Waals surface area contributed by atoms with E-state index in [1.807, 2.05) is 13.0 Å². The summed E-state index contributed by atoms with van der Waals surface area (Å²) in [6.07, 6.45) is 5.05. The van der Waals surface area contributed by atoms with Gasteiger partial charge in [0.15, 0.2) is 0 Å². The van der Waals surface area contributed by atoms with Crippen LogP contribution in [0, 0.1) is 12.8 Å². The maximum absolute atomic E-state index is 4.77. The normalized spacial score (nSPS) is 18.4. The standard InChI is InChI=1S/C21H29N5/c1-16-9-13-26(14-10-16)21-22-17(2)15-20(24-21)23-18-5-7-19(8-6-18)25-11-3-4-12-25/h5-8,15-16H,3-4,9-14H2,1-2H3,(H,22,23,24). The van der Waals surface area contributed by atoms with Crippen LogP contribution in [-0.2, 0) is 0 Å². The number of hydrogen-bond acceptors (Lipinski definition) is 5. The fourth-order valence-electron chi connectivity index (χ4n) is 3.85. The molecule has 5 nitrogen and oxygen atoms in total. The van der Waals surface area contributed by atoms with Gasteiger partial charge in [-0.2, -0.15) is 4.98 Å². The number of aryl methyl sites for hydroxylation is 1. The lowest BCUT2D eigenvalue weighted by atomic mass is 10.00. The predicted octanol–water partition coefficient (Wildman–Crippen LogP) is 4.37. The molecule has 1 N–H and O–H groups in total. The number of nitrogens with zero attached hydrogens (tertiary/aromatic N) is 4. The Hall–Kier alpha value is -2.30. The number of anilines is 4. The molecule has 2 fully saturated rings. The van der Waals surface area contributed by atoms with Crippen molar-refractivity contribution < 1.29 is 0 Å². The van der Waals surface area contributed by atoms with Crippen molar-refractivity contribution in [2.24, 2.45) is 5.92 Å². The Balaban J connectivity index is 1.47. The summed E-state index contributed by atoms with van der Waals surface area (Å²) < 4.78 is 0. The van der Waals surface area contributed by atoms with Gasteiger partial charge in [0.1, 0.15) is 5.82 Å². The van der Waals surface area contributed by atoms with Crippen molar-refractivity contribution >= 4 is 23.1 Å². The number of piperidine rings is 1. The van der Waals surface area contributed by atoms with E-state index in [0.29, 0.717) is 0 Å². The van der Waals surface area contributed by atoms with Gasteiger partial charge >= 0.3 is 0 Å². The van der Waals surface area contributed by atoms with E-state index in [4.69, 9.17) is 4.98 Å². The summed E-state index contributed by atoms with van der Waals surface area (Å²) in [6.45, 7) is 8.82. The van der Waals surface area contributed by atoms with Crippen LogP contribution in [0.4, 0.5) is 23.1 Å². The quantitative estimate of drug-likeness (QED) is 0.886. The largest absolute Gasteiger partial charge is 0.372 e. The molecule has 2 aliphatic heterocycles. The highest BCUT2D eigenvalue weighted by molar-refractivity contribution is 5.62. The zero-order valence-corrected chi connectivity index (χ0v) is 15.9. The lowest BCUT2D eigenvalue weighted by molar-refractivity contribution is 0.434. The van der Waals surface area contributed by atoms with Gasteiger partial charge in [0.25, 0.3) is 0 Å². The maximum Gasteiger partial charge on any atom is 0.227 e. The number of nitrogens with one attached hydrogen (secondary N) is 1. The Morgan fingerprint density at radius 3 is 2.31 bits per heavy atom. The predicted molar refractivity (Wildman–Crippen MR) is 109 cm³/mol. The van der Waals surface area contributed by atoms with Gasteiger partial charge in [0, 0.05) is 49.3 Å². The number of aromatic nitrogens is 2. The Labute approximate surface area is 156 Å². The number of hydrogen-bond donors (Lipinski definition) is 1. The molecule has 0 amide bonds. The summed E-state index contributed by atoms with van der Waals surface area (Å²) >= 11 is 0. The topological polar surface area (TPSA) is 44.3 Å². The van der Waals surface area contributed by atoms with E-state index in [1.54, 1.807) is 0 Å². The van der Waals surface area contributed by atoms with E-state index in [0.717, 1.165) is 42.2 Å². The van der Waals surface area contributed by atoms with E-state index in [1.165, 1.54) is 44.5 Å². The highest BCUT2D eigenvalue weighted by Gasteiger charge is 2.19. The van der Waals surface area contributed by atoms with Gasteiger partial charge in [-0.15, -0.1) is 0 Å². The molecule has 5 heteroatoms. The summed E-state index contributed by atoms with van der Waals surface area (Å²) in [6, 6.07) is 10.7. The second-order valence-corrected chi connectivity index (χ2v) is 7.73. The van der Waals surface area contributed by atoms with Crippen LogP contribution in [0.5, 0.6) is 0 Å². The van der Waals surface area contributed by atoms with Crippen LogP contribution in [-0.4, -0.2) is 36.1 Å². The summed E-state index contributed by atoms with van der Waals surface area (Å²) in [7, 11) is 0. The maximum atomic E-state index is 4.77. The Bertz CT molecular complexity index is 729. The third-order valence-electron chi connectivity index (χ3n) is 5.52. The third kappa shape index (κ3) is 3.92. The van der Waals surface area contributed by atoms with Crippen molar-refractivity contribution in [1.29, 1.82) is 0 Å². The van der Waals surface area contributed by atoms with Gasteiger partial charge in [-0.3, -0.25) is 0 Å². The van der Waals surface area contributed by atoms with Crippen LogP contribution in [0.1, 0.15) is 38.3 Å². The monoisotopic (exact) mass is 351 g/mol. The molecule has 26 heavy (non-hydrogen) atoms. The first-order valence-corrected chi connectivity index (χ1v) is 9.90. The molecule has 3 heterocycles. The molecule has 0 unspecified atom stereocenters. The summed E-state index contributed by atoms with van der Waals surface area (Å²) in [5.74, 6) is 2.54. The molecule has 0 atom stereocenters. The van der Waals surface area contributed by atoms with E-state index >= 15 is 0 Å². The SMILES string of the molecule is Cc1cc(Nc2ccc(N3CCCC3)cc2)nc(N2CCC(C)CC2)n1. The van der Waals surface area contributed by atoms with Gasteiger partial charge in [-0.1, -0.05) is 6.92 Å². The first-order valence-electron chi connectivity index (χ1n) is 9.90. The van der Waals surface area contributed by atoms with Gasteiger partial charge in [-0.25, -0.2) is 4.98 Å². The molecular formula is C21H29N5. The molecule has 0 spiro atoms. The fourth-order valence-corrected chi connectivity index (χ4v) is 3.85. The molecule has 0 bridgehead atoms. The van der Waals surface area contributed by atoms with Crippen LogP contribution >= 0.6 is 0 Å². The minimum atomic E-state index is 0.808. The molecule has 0 radical (unpaired) electrons. The lowest BCUT2D eigenvalue weighted by Crippen LogP contribution is -2.34. The second-order valence-electron chi connectivity index (χ2n) is 7.73. The van der Waals surface area contributed by atoms with E-state index in [9.17, 15) is 0 Å². The molecule has 0 aliphatic carbocycles. The molecular weight excluding hydrogens is 322 g/mol. The first kappa shape index (κ1) is 17.1. The summed E-state index contributed by atoms with van der Waals surface area (Å²) in [4.78, 5) is 14.2. The van der Waals surface area contributed by atoms with Crippen molar-refractivity contribution in [3.8, 4) is 0 Å². The molecule has 2 saturated heterocycles.